The van der Waals surface area contributed by atoms with E-state index in [1.54, 1.807) is 111 Å². The molecule has 0 spiro atoms. The van der Waals surface area contributed by atoms with Gasteiger partial charge in [-0.25, -0.2) is 0 Å². The average molecular weight is 1230 g/mol. The third-order valence-electron chi connectivity index (χ3n) is 15.3. The molecular formula is C75H83N3O13. The summed E-state index contributed by atoms with van der Waals surface area (Å²) in [7, 11) is 5.28. The second-order valence-electron chi connectivity index (χ2n) is 23.4. The maximum Gasteiger partial charge on any atom is 0.311 e. The van der Waals surface area contributed by atoms with E-state index in [9.17, 15) is 34.2 Å². The van der Waals surface area contributed by atoms with Gasteiger partial charge >= 0.3 is 11.9 Å². The minimum atomic E-state index is -0.780. The number of phenols is 1. The number of carboxylic acid groups (broad SMARTS) is 1. The Morgan fingerprint density at radius 1 is 0.429 bits per heavy atom. The second-order valence-corrected chi connectivity index (χ2v) is 23.4. The van der Waals surface area contributed by atoms with Crippen LogP contribution in [0.1, 0.15) is 121 Å². The van der Waals surface area contributed by atoms with Crippen LogP contribution in [0.5, 0.6) is 17.2 Å². The molecule has 16 nitrogen and oxygen atoms in total. The van der Waals surface area contributed by atoms with Gasteiger partial charge in [-0.05, 0) is 164 Å². The molecule has 0 saturated carbocycles. The first-order valence-electron chi connectivity index (χ1n) is 30.5. The van der Waals surface area contributed by atoms with E-state index in [1.807, 2.05) is 160 Å². The quantitative estimate of drug-likeness (QED) is 0.0364. The van der Waals surface area contributed by atoms with Gasteiger partial charge in [-0.15, -0.1) is 0 Å². The molecule has 0 aliphatic heterocycles. The number of esters is 1. The Balaban J connectivity index is 0.000000198. The van der Waals surface area contributed by atoms with E-state index in [4.69, 9.17) is 27.5 Å². The van der Waals surface area contributed by atoms with E-state index >= 15 is 0 Å². The van der Waals surface area contributed by atoms with Crippen molar-refractivity contribution in [2.24, 2.45) is 10.8 Å². The largest absolute Gasteiger partial charge is 0.508 e. The Bertz CT molecular complexity index is 3710. The number of phenolic OH excluding ortho intramolecular Hbond substituents is 1. The van der Waals surface area contributed by atoms with E-state index in [-0.39, 0.29) is 29.4 Å². The maximum absolute atomic E-state index is 13.0. The van der Waals surface area contributed by atoms with Gasteiger partial charge in [-0.2, -0.15) is 0 Å². The van der Waals surface area contributed by atoms with Crippen molar-refractivity contribution in [3.05, 3.63) is 234 Å². The van der Waals surface area contributed by atoms with Crippen LogP contribution < -0.4 is 9.47 Å². The summed E-state index contributed by atoms with van der Waals surface area (Å²) in [5.74, 6) is 2.83. The summed E-state index contributed by atoms with van der Waals surface area (Å²) in [5.41, 5.74) is 5.96. The van der Waals surface area contributed by atoms with Crippen LogP contribution in [0, 0.1) is 10.8 Å². The highest BCUT2D eigenvalue weighted by molar-refractivity contribution is 5.96. The summed E-state index contributed by atoms with van der Waals surface area (Å²) < 4.78 is 33.3. The third-order valence-corrected chi connectivity index (χ3v) is 15.3. The van der Waals surface area contributed by atoms with Crippen molar-refractivity contribution in [2.75, 3.05) is 41.0 Å². The van der Waals surface area contributed by atoms with Crippen molar-refractivity contribution in [3.63, 3.8) is 0 Å². The molecule has 0 saturated heterocycles. The zero-order valence-corrected chi connectivity index (χ0v) is 53.3. The Morgan fingerprint density at radius 3 is 1.11 bits per heavy atom. The molecule has 6 aromatic carbocycles. The Morgan fingerprint density at radius 2 is 0.769 bits per heavy atom. The van der Waals surface area contributed by atoms with Gasteiger partial charge in [-0.3, -0.25) is 24.0 Å². The second kappa shape index (κ2) is 33.5. The van der Waals surface area contributed by atoms with Crippen LogP contribution in [-0.2, 0) is 34.0 Å². The number of amides is 3. The van der Waals surface area contributed by atoms with E-state index in [0.717, 1.165) is 94.3 Å². The van der Waals surface area contributed by atoms with Crippen LogP contribution in [0.2, 0.25) is 0 Å². The van der Waals surface area contributed by atoms with Crippen molar-refractivity contribution in [1.82, 2.24) is 14.7 Å². The highest BCUT2D eigenvalue weighted by Crippen LogP contribution is 2.29. The summed E-state index contributed by atoms with van der Waals surface area (Å²) in [6.45, 7) is 11.8. The summed E-state index contributed by atoms with van der Waals surface area (Å²) in [4.78, 5) is 66.6. The highest BCUT2D eigenvalue weighted by Gasteiger charge is 2.29. The number of nitrogens with zero attached hydrogens (tertiary/aromatic N) is 3. The molecular weight excluding hydrogens is 1150 g/mol. The van der Waals surface area contributed by atoms with Crippen molar-refractivity contribution < 1.29 is 61.6 Å². The summed E-state index contributed by atoms with van der Waals surface area (Å²) in [6.07, 6.45) is 9.44. The van der Waals surface area contributed by atoms with Crippen molar-refractivity contribution >= 4 is 29.7 Å². The molecule has 0 radical (unpaired) electrons. The fourth-order valence-electron chi connectivity index (χ4n) is 9.74. The van der Waals surface area contributed by atoms with Gasteiger partial charge in [-0.1, -0.05) is 91.0 Å². The summed E-state index contributed by atoms with van der Waals surface area (Å²) in [6, 6.07) is 55.7. The molecule has 3 aromatic heterocycles. The summed E-state index contributed by atoms with van der Waals surface area (Å²) in [5, 5.41) is 19.0. The number of hydrogen-bond acceptors (Lipinski definition) is 12. The molecule has 3 heterocycles. The normalized spacial score (nSPS) is 11.0. The van der Waals surface area contributed by atoms with Gasteiger partial charge in [0.2, 0.25) is 0 Å². The van der Waals surface area contributed by atoms with E-state index in [2.05, 4.69) is 0 Å². The maximum atomic E-state index is 13.0. The Kier molecular flexibility index (Phi) is 25.2. The third kappa shape index (κ3) is 20.2. The van der Waals surface area contributed by atoms with Crippen LogP contribution in [-0.4, -0.2) is 95.5 Å². The first-order chi connectivity index (χ1) is 43.7. The van der Waals surface area contributed by atoms with Gasteiger partial charge in [0.05, 0.1) is 49.4 Å². The number of benzene rings is 6. The SMILES string of the molecule is CCOC(=O)C(C)(C)CCCCOc1ccccc1CN(C)C(=O)c1ccc(-c2ccco2)cc1.CN(Cc1ccccc1O)C(=O)c1ccc(-c2ccco2)cc1.CN(Cc1ccccc1OCCCCC(C)(C)C(=O)O)C(=O)c1ccc(-c2ccco2)cc1. The predicted octanol–water partition coefficient (Wildman–Crippen LogP) is 16.2. The van der Waals surface area contributed by atoms with E-state index < -0.39 is 16.8 Å². The zero-order chi connectivity index (χ0) is 65.3. The summed E-state index contributed by atoms with van der Waals surface area (Å²) >= 11 is 0. The number of ether oxygens (including phenoxy) is 3. The molecule has 9 aromatic rings. The smallest absolute Gasteiger partial charge is 0.311 e. The Hall–Kier alpha value is -10.1. The molecule has 476 valence electrons. The number of furan rings is 3. The molecule has 0 bridgehead atoms. The number of carbonyl (C=O) groups is 5. The average Bonchev–Trinajstić information content (AvgIpc) is 2.71. The standard InChI is InChI=1S/C29H35NO5.C27H31NO5.C19H17NO3/c1-5-33-28(32)29(2,3)18-8-9-19-34-26-12-7-6-11-24(26)21-30(4)27(31)23-16-14-22(15-17-23)25-13-10-20-35-25;1-27(2,26(30)31)16-6-7-17-32-24-10-5-4-9-22(24)19-28(3)25(29)21-14-12-20(13-15-21)23-11-8-18-33-23;1-20(13-16-5-2-3-6-17(16)21)19(22)15-10-8-14(9-11-15)18-7-4-12-23-18/h6-7,10-17,20H,5,8-9,18-19,21H2,1-4H3;4-5,8-15,18H,6-7,16-17,19H2,1-3H3,(H,30,31);2-12,21H,13H2,1H3. The zero-order valence-electron chi connectivity index (χ0n) is 53.3. The predicted molar refractivity (Wildman–Crippen MR) is 351 cm³/mol. The molecule has 9 rings (SSSR count). The number of aliphatic carboxylic acids is 1. The number of unbranched alkanes of at least 4 members (excludes halogenated alkanes) is 2. The van der Waals surface area contributed by atoms with E-state index in [1.165, 1.54) is 0 Å². The molecule has 0 aliphatic rings. The van der Waals surface area contributed by atoms with E-state index in [0.29, 0.717) is 62.6 Å². The molecule has 0 atom stereocenters. The molecule has 3 amide bonds. The van der Waals surface area contributed by atoms with Gasteiger partial charge in [0, 0.05) is 90.8 Å². The van der Waals surface area contributed by atoms with Gasteiger partial charge < -0.3 is 52.4 Å². The van der Waals surface area contributed by atoms with Crippen LogP contribution in [0.15, 0.2) is 214 Å². The van der Waals surface area contributed by atoms with Crippen molar-refractivity contribution in [3.8, 4) is 51.2 Å². The number of aromatic hydroxyl groups is 1. The molecule has 16 heteroatoms. The fourth-order valence-corrected chi connectivity index (χ4v) is 9.74. The lowest BCUT2D eigenvalue weighted by Gasteiger charge is -2.22. The van der Waals surface area contributed by atoms with Crippen LogP contribution in [0.25, 0.3) is 34.0 Å². The van der Waals surface area contributed by atoms with Crippen LogP contribution >= 0.6 is 0 Å². The lowest BCUT2D eigenvalue weighted by atomic mass is 9.87. The van der Waals surface area contributed by atoms with Gasteiger partial charge in [0.25, 0.3) is 17.7 Å². The monoisotopic (exact) mass is 1230 g/mol. The lowest BCUT2D eigenvalue weighted by molar-refractivity contribution is -0.154. The lowest BCUT2D eigenvalue weighted by Crippen LogP contribution is -2.27. The van der Waals surface area contributed by atoms with Crippen molar-refractivity contribution in [2.45, 2.75) is 92.8 Å². The number of rotatable bonds is 27. The Labute approximate surface area is 533 Å². The molecule has 0 unspecified atom stereocenters. The number of para-hydroxylation sites is 3. The first kappa shape index (κ1) is 68.4. The minimum Gasteiger partial charge on any atom is -0.508 e. The molecule has 0 aliphatic carbocycles. The topological polar surface area (TPSA) is 203 Å². The molecule has 91 heavy (non-hydrogen) atoms. The highest BCUT2D eigenvalue weighted by atomic mass is 16.5. The number of carbonyl (C=O) groups excluding carboxylic acids is 4. The molecule has 2 N–H and O–H groups in total. The fraction of sp³-hybridized carbons (Fsp3) is 0.293. The molecule has 0 fully saturated rings. The van der Waals surface area contributed by atoms with Gasteiger partial charge in [0.1, 0.15) is 34.5 Å². The van der Waals surface area contributed by atoms with Crippen molar-refractivity contribution in [1.29, 1.82) is 0 Å². The number of carboxylic acids is 1. The van der Waals surface area contributed by atoms with Crippen LogP contribution in [0.4, 0.5) is 0 Å². The first-order valence-corrected chi connectivity index (χ1v) is 30.5. The van der Waals surface area contributed by atoms with Crippen LogP contribution in [0.3, 0.4) is 0 Å². The number of hydrogen-bond donors (Lipinski definition) is 2. The minimum absolute atomic E-state index is 0.0630. The van der Waals surface area contributed by atoms with Gasteiger partial charge in [0.15, 0.2) is 0 Å².